The number of nitrogens with one attached hydrogen (secondary N) is 1. The molecule has 0 saturated heterocycles. The van der Waals surface area contributed by atoms with Gasteiger partial charge >= 0.3 is 0 Å². The van der Waals surface area contributed by atoms with Crippen LogP contribution < -0.4 is 14.4 Å². The van der Waals surface area contributed by atoms with Crippen LogP contribution in [0.1, 0.15) is 44.2 Å². The summed E-state index contributed by atoms with van der Waals surface area (Å²) in [5, 5.41) is 2.95. The Hall–Kier alpha value is -3.85. The molecule has 0 radical (unpaired) electrons. The smallest absolute Gasteiger partial charge is 0.264 e. The molecule has 0 aliphatic carbocycles. The molecular weight excluding hydrogens is 538 g/mol. The van der Waals surface area contributed by atoms with Crippen molar-refractivity contribution < 1.29 is 22.7 Å². The van der Waals surface area contributed by atoms with Crippen LogP contribution in [0.25, 0.3) is 0 Å². The average Bonchev–Trinajstić information content (AvgIpc) is 2.98. The van der Waals surface area contributed by atoms with E-state index in [0.29, 0.717) is 25.1 Å². The maximum absolute atomic E-state index is 14.1. The summed E-state index contributed by atoms with van der Waals surface area (Å²) in [6.07, 6.45) is 2.66. The van der Waals surface area contributed by atoms with Gasteiger partial charge in [0.2, 0.25) is 11.8 Å². The van der Waals surface area contributed by atoms with Gasteiger partial charge in [-0.2, -0.15) is 0 Å². The van der Waals surface area contributed by atoms with E-state index in [4.69, 9.17) is 4.74 Å². The lowest BCUT2D eigenvalue weighted by atomic mass is 10.1. The molecule has 0 spiro atoms. The summed E-state index contributed by atoms with van der Waals surface area (Å²) >= 11 is 0. The van der Waals surface area contributed by atoms with Crippen LogP contribution in [0.3, 0.4) is 0 Å². The highest BCUT2D eigenvalue weighted by Gasteiger charge is 2.34. The fourth-order valence-corrected chi connectivity index (χ4v) is 6.01. The van der Waals surface area contributed by atoms with Crippen LogP contribution >= 0.6 is 0 Å². The fraction of sp³-hybridized carbons (Fsp3) is 0.375. The molecule has 0 saturated carbocycles. The van der Waals surface area contributed by atoms with Crippen molar-refractivity contribution in [3.05, 3.63) is 90.0 Å². The van der Waals surface area contributed by atoms with Gasteiger partial charge in [0.05, 0.1) is 17.7 Å². The lowest BCUT2D eigenvalue weighted by Crippen LogP contribution is -2.53. The summed E-state index contributed by atoms with van der Waals surface area (Å²) < 4.78 is 34.6. The molecule has 1 atom stereocenters. The highest BCUT2D eigenvalue weighted by molar-refractivity contribution is 7.92. The zero-order valence-electron chi connectivity index (χ0n) is 24.4. The molecular formula is C32H41N3O5S. The Kier molecular flexibility index (Phi) is 11.8. The lowest BCUT2D eigenvalue weighted by Gasteiger charge is -2.33. The number of anilines is 1. The van der Waals surface area contributed by atoms with E-state index in [9.17, 15) is 18.0 Å². The summed E-state index contributed by atoms with van der Waals surface area (Å²) in [6, 6.07) is 22.1. The van der Waals surface area contributed by atoms with Crippen molar-refractivity contribution in [2.75, 3.05) is 31.0 Å². The topological polar surface area (TPSA) is 96.0 Å². The third kappa shape index (κ3) is 8.33. The minimum atomic E-state index is -4.16. The van der Waals surface area contributed by atoms with E-state index in [-0.39, 0.29) is 23.0 Å². The molecule has 8 nitrogen and oxygen atoms in total. The van der Waals surface area contributed by atoms with Gasteiger partial charge in [0.25, 0.3) is 10.0 Å². The van der Waals surface area contributed by atoms with Crippen LogP contribution in [-0.4, -0.2) is 57.9 Å². The molecule has 41 heavy (non-hydrogen) atoms. The molecule has 0 bridgehead atoms. The van der Waals surface area contributed by atoms with E-state index in [0.717, 1.165) is 28.3 Å². The standard InChI is InChI=1S/C32H41N3O5S/c1-5-7-22-33-32(37)28(6-2)34(23-21-26-13-9-8-10-14-26)31(36)24-35(29-15-11-12-16-30(29)40-4)41(38,39)27-19-17-25(3)18-20-27/h8-20,28H,5-7,21-24H2,1-4H3,(H,33,37)/t28-/m1/s1. The molecule has 0 aromatic heterocycles. The molecule has 0 heterocycles. The Morgan fingerprint density at radius 2 is 1.59 bits per heavy atom. The molecule has 220 valence electrons. The first-order chi connectivity index (χ1) is 19.7. The Morgan fingerprint density at radius 3 is 2.22 bits per heavy atom. The number of para-hydroxylation sites is 2. The molecule has 0 aliphatic rings. The number of carbonyl (C=O) groups excluding carboxylic acids is 2. The molecule has 3 rings (SSSR count). The monoisotopic (exact) mass is 579 g/mol. The average molecular weight is 580 g/mol. The largest absolute Gasteiger partial charge is 0.495 e. The number of benzene rings is 3. The van der Waals surface area contributed by atoms with Crippen LogP contribution in [0, 0.1) is 6.92 Å². The molecule has 0 unspecified atom stereocenters. The van der Waals surface area contributed by atoms with E-state index >= 15 is 0 Å². The number of amides is 2. The van der Waals surface area contributed by atoms with Crippen molar-refractivity contribution >= 4 is 27.5 Å². The van der Waals surface area contributed by atoms with Gasteiger partial charge in [-0.1, -0.05) is 80.4 Å². The van der Waals surface area contributed by atoms with Gasteiger partial charge in [-0.3, -0.25) is 13.9 Å². The van der Waals surface area contributed by atoms with Gasteiger partial charge in [0, 0.05) is 13.1 Å². The second kappa shape index (κ2) is 15.2. The van der Waals surface area contributed by atoms with Crippen LogP contribution in [0.5, 0.6) is 5.75 Å². The van der Waals surface area contributed by atoms with Crippen LogP contribution in [0.15, 0.2) is 83.8 Å². The fourth-order valence-electron chi connectivity index (χ4n) is 4.59. The summed E-state index contributed by atoms with van der Waals surface area (Å²) in [5.41, 5.74) is 2.17. The van der Waals surface area contributed by atoms with Crippen LogP contribution in [-0.2, 0) is 26.0 Å². The van der Waals surface area contributed by atoms with E-state index in [1.165, 1.54) is 24.1 Å². The van der Waals surface area contributed by atoms with Crippen molar-refractivity contribution in [2.24, 2.45) is 0 Å². The summed E-state index contributed by atoms with van der Waals surface area (Å²) in [7, 11) is -2.71. The molecule has 3 aromatic carbocycles. The first-order valence-electron chi connectivity index (χ1n) is 14.1. The zero-order chi connectivity index (χ0) is 29.8. The van der Waals surface area contributed by atoms with Crippen LogP contribution in [0.2, 0.25) is 0 Å². The maximum Gasteiger partial charge on any atom is 0.264 e. The number of unbranched alkanes of at least 4 members (excludes halogenated alkanes) is 1. The van der Waals surface area contributed by atoms with Gasteiger partial charge in [0.1, 0.15) is 18.3 Å². The Morgan fingerprint density at radius 1 is 0.927 bits per heavy atom. The minimum Gasteiger partial charge on any atom is -0.495 e. The number of nitrogens with zero attached hydrogens (tertiary/aromatic N) is 2. The van der Waals surface area contributed by atoms with Gasteiger partial charge in [-0.05, 0) is 56.0 Å². The number of aryl methyl sites for hydroxylation is 1. The highest BCUT2D eigenvalue weighted by Crippen LogP contribution is 2.32. The number of methoxy groups -OCH3 is 1. The normalized spacial score (nSPS) is 11.9. The number of ether oxygens (including phenoxy) is 1. The zero-order valence-corrected chi connectivity index (χ0v) is 25.2. The highest BCUT2D eigenvalue weighted by atomic mass is 32.2. The summed E-state index contributed by atoms with van der Waals surface area (Å²) in [5.74, 6) is -0.399. The van der Waals surface area contributed by atoms with E-state index in [2.05, 4.69) is 5.32 Å². The second-order valence-electron chi connectivity index (χ2n) is 9.89. The van der Waals surface area contributed by atoms with Crippen molar-refractivity contribution in [2.45, 2.75) is 57.4 Å². The number of sulfonamides is 1. The number of hydrogen-bond acceptors (Lipinski definition) is 5. The van der Waals surface area contributed by atoms with E-state index in [1.807, 2.05) is 51.1 Å². The van der Waals surface area contributed by atoms with Crippen molar-refractivity contribution in [3.8, 4) is 5.75 Å². The Bertz CT molecular complexity index is 1380. The predicted octanol–water partition coefficient (Wildman–Crippen LogP) is 4.97. The van der Waals surface area contributed by atoms with Gasteiger partial charge in [0.15, 0.2) is 0 Å². The first kappa shape index (κ1) is 31.7. The molecule has 2 amide bonds. The van der Waals surface area contributed by atoms with Crippen LogP contribution in [0.4, 0.5) is 5.69 Å². The second-order valence-corrected chi connectivity index (χ2v) is 11.8. The van der Waals surface area contributed by atoms with Gasteiger partial charge < -0.3 is 15.0 Å². The van der Waals surface area contributed by atoms with Gasteiger partial charge in [-0.15, -0.1) is 0 Å². The molecule has 3 aromatic rings. The number of carbonyl (C=O) groups is 2. The van der Waals surface area contributed by atoms with Crippen molar-refractivity contribution in [1.82, 2.24) is 10.2 Å². The quantitative estimate of drug-likeness (QED) is 0.257. The van der Waals surface area contributed by atoms with E-state index in [1.54, 1.807) is 36.4 Å². The lowest BCUT2D eigenvalue weighted by molar-refractivity contribution is -0.139. The first-order valence-corrected chi connectivity index (χ1v) is 15.5. The van der Waals surface area contributed by atoms with Gasteiger partial charge in [-0.25, -0.2) is 8.42 Å². The molecule has 0 fully saturated rings. The summed E-state index contributed by atoms with van der Waals surface area (Å²) in [6.45, 7) is 6.05. The maximum atomic E-state index is 14.1. The Balaban J connectivity index is 2.02. The molecule has 1 N–H and O–H groups in total. The Labute approximate surface area is 244 Å². The third-order valence-corrected chi connectivity index (χ3v) is 8.72. The number of hydrogen-bond donors (Lipinski definition) is 1. The SMILES string of the molecule is CCCCNC(=O)[C@@H](CC)N(CCc1ccccc1)C(=O)CN(c1ccccc1OC)S(=O)(=O)c1ccc(C)cc1. The third-order valence-electron chi connectivity index (χ3n) is 6.94. The number of rotatable bonds is 15. The molecule has 9 heteroatoms. The van der Waals surface area contributed by atoms with Crippen molar-refractivity contribution in [1.29, 1.82) is 0 Å². The predicted molar refractivity (Wildman–Crippen MR) is 163 cm³/mol. The molecule has 0 aliphatic heterocycles. The van der Waals surface area contributed by atoms with Crippen molar-refractivity contribution in [3.63, 3.8) is 0 Å². The minimum absolute atomic E-state index is 0.0574. The van der Waals surface area contributed by atoms with E-state index < -0.39 is 28.5 Å². The summed E-state index contributed by atoms with van der Waals surface area (Å²) in [4.78, 5) is 28.9.